The highest BCUT2D eigenvalue weighted by Gasteiger charge is 2.23. The van der Waals surface area contributed by atoms with Crippen molar-refractivity contribution in [3.63, 3.8) is 0 Å². The number of benzene rings is 2. The third-order valence-electron chi connectivity index (χ3n) is 4.96. The standard InChI is InChI=1S/C23H23ClN2O4/c1-30-23(29)19-7-2-17(3-8-19)6-11-21(27)25-12-14-26(15-13-25)22(28)16-18-4-9-20(24)10-5-18/h2-11H,12-16H2,1H3/b11-6+. The van der Waals surface area contributed by atoms with E-state index in [0.29, 0.717) is 43.2 Å². The van der Waals surface area contributed by atoms with Crippen molar-refractivity contribution in [2.45, 2.75) is 6.42 Å². The van der Waals surface area contributed by atoms with Crippen LogP contribution in [-0.2, 0) is 20.7 Å². The fourth-order valence-corrected chi connectivity index (χ4v) is 3.31. The molecule has 1 aliphatic heterocycles. The smallest absolute Gasteiger partial charge is 0.337 e. The van der Waals surface area contributed by atoms with Crippen LogP contribution in [0.5, 0.6) is 0 Å². The molecule has 0 radical (unpaired) electrons. The molecule has 0 spiro atoms. The van der Waals surface area contributed by atoms with E-state index in [1.807, 2.05) is 12.1 Å². The van der Waals surface area contributed by atoms with Gasteiger partial charge in [-0.25, -0.2) is 4.79 Å². The van der Waals surface area contributed by atoms with Crippen LogP contribution in [0.2, 0.25) is 5.02 Å². The number of methoxy groups -OCH3 is 1. The first-order chi connectivity index (χ1) is 14.5. The van der Waals surface area contributed by atoms with Crippen LogP contribution >= 0.6 is 11.6 Å². The van der Waals surface area contributed by atoms with Crippen molar-refractivity contribution in [1.29, 1.82) is 0 Å². The van der Waals surface area contributed by atoms with E-state index in [4.69, 9.17) is 11.6 Å². The summed E-state index contributed by atoms with van der Waals surface area (Å²) in [6, 6.07) is 14.1. The molecule has 0 aliphatic carbocycles. The molecule has 0 N–H and O–H groups in total. The van der Waals surface area contributed by atoms with Crippen LogP contribution in [0.3, 0.4) is 0 Å². The number of halogens is 1. The molecule has 1 fully saturated rings. The lowest BCUT2D eigenvalue weighted by atomic mass is 10.1. The maximum absolute atomic E-state index is 12.5. The van der Waals surface area contributed by atoms with Crippen molar-refractivity contribution < 1.29 is 19.1 Å². The largest absolute Gasteiger partial charge is 0.465 e. The number of carbonyl (C=O) groups excluding carboxylic acids is 3. The minimum atomic E-state index is -0.398. The first-order valence-corrected chi connectivity index (χ1v) is 10.0. The van der Waals surface area contributed by atoms with E-state index in [-0.39, 0.29) is 11.8 Å². The first kappa shape index (κ1) is 21.6. The third kappa shape index (κ3) is 5.70. The van der Waals surface area contributed by atoms with Crippen LogP contribution < -0.4 is 0 Å². The summed E-state index contributed by atoms with van der Waals surface area (Å²) in [6.45, 7) is 2.02. The van der Waals surface area contributed by atoms with Gasteiger partial charge < -0.3 is 14.5 Å². The lowest BCUT2D eigenvalue weighted by Crippen LogP contribution is -2.50. The fourth-order valence-electron chi connectivity index (χ4n) is 3.19. The summed E-state index contributed by atoms with van der Waals surface area (Å²) in [6.07, 6.45) is 3.55. The van der Waals surface area contributed by atoms with Crippen LogP contribution in [0.1, 0.15) is 21.5 Å². The Labute approximate surface area is 180 Å². The number of amides is 2. The SMILES string of the molecule is COC(=O)c1ccc(/C=C/C(=O)N2CCN(C(=O)Cc3ccc(Cl)cc3)CC2)cc1. The van der Waals surface area contributed by atoms with Crippen molar-refractivity contribution in [3.8, 4) is 0 Å². The Morgan fingerprint density at radius 2 is 1.53 bits per heavy atom. The molecular formula is C23H23ClN2O4. The number of ether oxygens (including phenoxy) is 1. The van der Waals surface area contributed by atoms with Gasteiger partial charge in [0.15, 0.2) is 0 Å². The molecular weight excluding hydrogens is 404 g/mol. The van der Waals surface area contributed by atoms with Crippen LogP contribution in [0.25, 0.3) is 6.08 Å². The molecule has 0 bridgehead atoms. The van der Waals surface area contributed by atoms with Gasteiger partial charge in [0.25, 0.3) is 0 Å². The zero-order valence-corrected chi connectivity index (χ0v) is 17.5. The Balaban J connectivity index is 1.48. The summed E-state index contributed by atoms with van der Waals surface area (Å²) in [5.41, 5.74) is 2.19. The Morgan fingerprint density at radius 1 is 0.933 bits per heavy atom. The van der Waals surface area contributed by atoms with Gasteiger partial charge in [-0.3, -0.25) is 9.59 Å². The van der Waals surface area contributed by atoms with Crippen molar-refractivity contribution >= 4 is 35.5 Å². The highest BCUT2D eigenvalue weighted by Crippen LogP contribution is 2.13. The van der Waals surface area contributed by atoms with E-state index in [9.17, 15) is 14.4 Å². The quantitative estimate of drug-likeness (QED) is 0.544. The van der Waals surface area contributed by atoms with Crippen LogP contribution in [0.15, 0.2) is 54.6 Å². The molecule has 1 heterocycles. The molecule has 0 aromatic heterocycles. The molecule has 30 heavy (non-hydrogen) atoms. The second-order valence-corrected chi connectivity index (χ2v) is 7.39. The van der Waals surface area contributed by atoms with E-state index < -0.39 is 5.97 Å². The highest BCUT2D eigenvalue weighted by molar-refractivity contribution is 6.30. The Morgan fingerprint density at radius 3 is 2.13 bits per heavy atom. The van der Waals surface area contributed by atoms with Crippen molar-refractivity contribution in [1.82, 2.24) is 9.80 Å². The number of nitrogens with zero attached hydrogens (tertiary/aromatic N) is 2. The second kappa shape index (κ2) is 10.1. The zero-order valence-electron chi connectivity index (χ0n) is 16.7. The average molecular weight is 427 g/mol. The van der Waals surface area contributed by atoms with Gasteiger partial charge in [0, 0.05) is 37.3 Å². The minimum Gasteiger partial charge on any atom is -0.465 e. The van der Waals surface area contributed by atoms with E-state index in [1.165, 1.54) is 13.2 Å². The van der Waals surface area contributed by atoms with Gasteiger partial charge >= 0.3 is 5.97 Å². The van der Waals surface area contributed by atoms with Crippen LogP contribution in [0.4, 0.5) is 0 Å². The number of carbonyl (C=O) groups is 3. The van der Waals surface area contributed by atoms with E-state index in [1.54, 1.807) is 52.3 Å². The minimum absolute atomic E-state index is 0.0469. The molecule has 6 nitrogen and oxygen atoms in total. The predicted molar refractivity (Wildman–Crippen MR) is 115 cm³/mol. The monoisotopic (exact) mass is 426 g/mol. The number of hydrogen-bond donors (Lipinski definition) is 0. The Kier molecular flexibility index (Phi) is 7.25. The molecule has 2 aromatic carbocycles. The topological polar surface area (TPSA) is 66.9 Å². The zero-order chi connectivity index (χ0) is 21.5. The van der Waals surface area contributed by atoms with Gasteiger partial charge in [0.05, 0.1) is 19.1 Å². The first-order valence-electron chi connectivity index (χ1n) is 9.64. The molecule has 2 aromatic rings. The number of hydrogen-bond acceptors (Lipinski definition) is 4. The summed E-state index contributed by atoms with van der Waals surface area (Å²) in [4.78, 5) is 39.9. The van der Waals surface area contributed by atoms with Gasteiger partial charge in [0.1, 0.15) is 0 Å². The van der Waals surface area contributed by atoms with Crippen LogP contribution in [0, 0.1) is 0 Å². The number of rotatable bonds is 5. The molecule has 0 unspecified atom stereocenters. The predicted octanol–water partition coefficient (Wildman–Crippen LogP) is 3.05. The molecule has 2 amide bonds. The lowest BCUT2D eigenvalue weighted by Gasteiger charge is -2.34. The molecule has 3 rings (SSSR count). The number of piperazine rings is 1. The molecule has 156 valence electrons. The van der Waals surface area contributed by atoms with Gasteiger partial charge in [-0.15, -0.1) is 0 Å². The average Bonchev–Trinajstić information content (AvgIpc) is 2.79. The molecule has 0 atom stereocenters. The molecule has 1 aliphatic rings. The maximum atomic E-state index is 12.5. The number of esters is 1. The van der Waals surface area contributed by atoms with Gasteiger partial charge in [0.2, 0.25) is 11.8 Å². The Bertz CT molecular complexity index is 931. The van der Waals surface area contributed by atoms with E-state index in [2.05, 4.69) is 4.74 Å². The summed E-state index contributed by atoms with van der Waals surface area (Å²) < 4.78 is 4.67. The lowest BCUT2D eigenvalue weighted by molar-refractivity contribution is -0.136. The van der Waals surface area contributed by atoms with E-state index >= 15 is 0 Å². The van der Waals surface area contributed by atoms with Gasteiger partial charge in [-0.05, 0) is 41.5 Å². The molecule has 1 saturated heterocycles. The summed E-state index contributed by atoms with van der Waals surface area (Å²) >= 11 is 5.88. The van der Waals surface area contributed by atoms with Gasteiger partial charge in [-0.2, -0.15) is 0 Å². The van der Waals surface area contributed by atoms with Crippen molar-refractivity contribution in [3.05, 3.63) is 76.3 Å². The van der Waals surface area contributed by atoms with E-state index in [0.717, 1.165) is 11.1 Å². The summed E-state index contributed by atoms with van der Waals surface area (Å²) in [5.74, 6) is -0.451. The third-order valence-corrected chi connectivity index (χ3v) is 5.21. The van der Waals surface area contributed by atoms with Crippen molar-refractivity contribution in [2.75, 3.05) is 33.3 Å². The van der Waals surface area contributed by atoms with Crippen molar-refractivity contribution in [2.24, 2.45) is 0 Å². The normalized spacial score (nSPS) is 14.1. The molecule has 0 saturated carbocycles. The van der Waals surface area contributed by atoms with Crippen LogP contribution in [-0.4, -0.2) is 60.9 Å². The second-order valence-electron chi connectivity index (χ2n) is 6.96. The highest BCUT2D eigenvalue weighted by atomic mass is 35.5. The fraction of sp³-hybridized carbons (Fsp3) is 0.261. The maximum Gasteiger partial charge on any atom is 0.337 e. The summed E-state index contributed by atoms with van der Waals surface area (Å²) in [7, 11) is 1.33. The summed E-state index contributed by atoms with van der Waals surface area (Å²) in [5, 5.41) is 0.644. The van der Waals surface area contributed by atoms with Gasteiger partial charge in [-0.1, -0.05) is 35.9 Å². The Hall–Kier alpha value is -3.12. The molecule has 7 heteroatoms.